The van der Waals surface area contributed by atoms with Crippen LogP contribution in [0.1, 0.15) is 37.2 Å². The van der Waals surface area contributed by atoms with Crippen LogP contribution in [0.15, 0.2) is 28.7 Å². The van der Waals surface area contributed by atoms with Gasteiger partial charge in [-0.2, -0.15) is 0 Å². The number of halogens is 1. The number of carbonyl (C=O) groups is 1. The highest BCUT2D eigenvalue weighted by atomic mass is 19.1. The Morgan fingerprint density at radius 1 is 1.37 bits per heavy atom. The lowest BCUT2D eigenvalue weighted by Crippen LogP contribution is -2.23. The minimum absolute atomic E-state index is 0.180. The normalized spacial score (nSPS) is 12.8. The van der Waals surface area contributed by atoms with Crippen molar-refractivity contribution in [3.63, 3.8) is 0 Å². The number of rotatable bonds is 6. The summed E-state index contributed by atoms with van der Waals surface area (Å²) in [4.78, 5) is 12.3. The minimum atomic E-state index is -0.486. The van der Waals surface area contributed by atoms with Crippen molar-refractivity contribution in [1.29, 1.82) is 0 Å². The molecule has 0 fully saturated rings. The maximum absolute atomic E-state index is 13.1. The Morgan fingerprint density at radius 2 is 2.16 bits per heavy atom. The predicted molar refractivity (Wildman–Crippen MR) is 70.8 cm³/mol. The topological polar surface area (TPSA) is 39.4 Å². The quantitative estimate of drug-likeness (QED) is 0.741. The molecule has 3 nitrogen and oxygen atoms in total. The van der Waals surface area contributed by atoms with Crippen LogP contribution in [0, 0.1) is 5.82 Å². The molecule has 0 amide bonds. The Labute approximate surface area is 111 Å². The standard InChI is InChI=1S/C15H17FO3/c1-3-5-13(18-4-2)15(17)14-9-10-8-11(16)6-7-12(10)19-14/h6-9,13H,3-5H2,1-2H3. The van der Waals surface area contributed by atoms with Gasteiger partial charge in [0.15, 0.2) is 5.76 Å². The Kier molecular flexibility index (Phi) is 4.32. The van der Waals surface area contributed by atoms with Gasteiger partial charge in [0, 0.05) is 12.0 Å². The van der Waals surface area contributed by atoms with Crippen molar-refractivity contribution in [3.05, 3.63) is 35.8 Å². The summed E-state index contributed by atoms with van der Waals surface area (Å²) < 4.78 is 24.0. The zero-order valence-electron chi connectivity index (χ0n) is 11.1. The molecule has 4 heteroatoms. The average molecular weight is 264 g/mol. The first-order valence-electron chi connectivity index (χ1n) is 6.50. The molecule has 0 saturated carbocycles. The Balaban J connectivity index is 2.29. The molecule has 0 spiro atoms. The lowest BCUT2D eigenvalue weighted by atomic mass is 10.1. The number of carbonyl (C=O) groups excluding carboxylic acids is 1. The monoisotopic (exact) mass is 264 g/mol. The highest BCUT2D eigenvalue weighted by Crippen LogP contribution is 2.22. The Bertz CT molecular complexity index is 568. The zero-order chi connectivity index (χ0) is 13.8. The molecule has 0 bridgehead atoms. The molecule has 102 valence electrons. The predicted octanol–water partition coefficient (Wildman–Crippen LogP) is 3.96. The number of ether oxygens (including phenoxy) is 1. The van der Waals surface area contributed by atoms with Crippen molar-refractivity contribution in [3.8, 4) is 0 Å². The maximum atomic E-state index is 13.1. The first kappa shape index (κ1) is 13.7. The van der Waals surface area contributed by atoms with Crippen LogP contribution in [0.4, 0.5) is 4.39 Å². The van der Waals surface area contributed by atoms with E-state index in [0.717, 1.165) is 6.42 Å². The lowest BCUT2D eigenvalue weighted by molar-refractivity contribution is 0.0401. The van der Waals surface area contributed by atoms with Gasteiger partial charge in [-0.15, -0.1) is 0 Å². The summed E-state index contributed by atoms with van der Waals surface area (Å²) in [6, 6.07) is 5.76. The van der Waals surface area contributed by atoms with Crippen LogP contribution >= 0.6 is 0 Å². The van der Waals surface area contributed by atoms with Gasteiger partial charge in [-0.3, -0.25) is 4.79 Å². The van der Waals surface area contributed by atoms with E-state index in [4.69, 9.17) is 9.15 Å². The number of ketones is 1. The van der Waals surface area contributed by atoms with Gasteiger partial charge < -0.3 is 9.15 Å². The molecule has 1 aromatic heterocycles. The van der Waals surface area contributed by atoms with Gasteiger partial charge in [0.2, 0.25) is 5.78 Å². The van der Waals surface area contributed by atoms with Crippen LogP contribution < -0.4 is 0 Å². The highest BCUT2D eigenvalue weighted by molar-refractivity contribution is 6.00. The second kappa shape index (κ2) is 5.97. The van der Waals surface area contributed by atoms with E-state index in [2.05, 4.69) is 0 Å². The number of benzene rings is 1. The van der Waals surface area contributed by atoms with Crippen molar-refractivity contribution in [2.75, 3.05) is 6.61 Å². The molecule has 1 heterocycles. The van der Waals surface area contributed by atoms with Crippen molar-refractivity contribution < 1.29 is 18.3 Å². The van der Waals surface area contributed by atoms with E-state index >= 15 is 0 Å². The van der Waals surface area contributed by atoms with Crippen LogP contribution in [0.5, 0.6) is 0 Å². The third-order valence-corrected chi connectivity index (χ3v) is 2.93. The molecular formula is C15H17FO3. The molecule has 2 aromatic rings. The van der Waals surface area contributed by atoms with Gasteiger partial charge in [0.1, 0.15) is 17.5 Å². The number of hydrogen-bond acceptors (Lipinski definition) is 3. The minimum Gasteiger partial charge on any atom is -0.453 e. The van der Waals surface area contributed by atoms with Crippen LogP contribution in [-0.4, -0.2) is 18.5 Å². The summed E-state index contributed by atoms with van der Waals surface area (Å²) in [5, 5.41) is 0.593. The molecule has 0 radical (unpaired) electrons. The van der Waals surface area contributed by atoms with Gasteiger partial charge in [-0.25, -0.2) is 4.39 Å². The largest absolute Gasteiger partial charge is 0.453 e. The van der Waals surface area contributed by atoms with E-state index in [1.807, 2.05) is 13.8 Å². The van der Waals surface area contributed by atoms with Crippen LogP contribution in [0.2, 0.25) is 0 Å². The Morgan fingerprint density at radius 3 is 2.84 bits per heavy atom. The SMILES string of the molecule is CCCC(OCC)C(=O)c1cc2cc(F)ccc2o1. The van der Waals surface area contributed by atoms with Gasteiger partial charge in [-0.05, 0) is 37.6 Å². The maximum Gasteiger partial charge on any atom is 0.226 e. The summed E-state index contributed by atoms with van der Waals surface area (Å²) in [5.74, 6) is -0.296. The molecule has 0 N–H and O–H groups in total. The van der Waals surface area contributed by atoms with Crippen LogP contribution in [0.25, 0.3) is 11.0 Å². The molecule has 19 heavy (non-hydrogen) atoms. The molecule has 2 rings (SSSR count). The number of hydrogen-bond donors (Lipinski definition) is 0. The fraction of sp³-hybridized carbons (Fsp3) is 0.400. The summed E-state index contributed by atoms with van der Waals surface area (Å²) in [6.45, 7) is 4.32. The number of fused-ring (bicyclic) bond motifs is 1. The summed E-state index contributed by atoms with van der Waals surface area (Å²) in [7, 11) is 0. The number of furan rings is 1. The first-order valence-corrected chi connectivity index (χ1v) is 6.50. The van der Waals surface area contributed by atoms with E-state index in [0.29, 0.717) is 24.0 Å². The first-order chi connectivity index (χ1) is 9.15. The zero-order valence-corrected chi connectivity index (χ0v) is 11.1. The lowest BCUT2D eigenvalue weighted by Gasteiger charge is -2.12. The van der Waals surface area contributed by atoms with Crippen molar-refractivity contribution in [2.45, 2.75) is 32.8 Å². The van der Waals surface area contributed by atoms with E-state index in [1.54, 1.807) is 6.07 Å². The average Bonchev–Trinajstić information content (AvgIpc) is 2.80. The van der Waals surface area contributed by atoms with Gasteiger partial charge in [0.25, 0.3) is 0 Å². The number of Topliss-reactive ketones (excluding diaryl/α,β-unsaturated/α-hetero) is 1. The van der Waals surface area contributed by atoms with E-state index in [1.165, 1.54) is 18.2 Å². The van der Waals surface area contributed by atoms with Crippen molar-refractivity contribution in [2.24, 2.45) is 0 Å². The van der Waals surface area contributed by atoms with Gasteiger partial charge in [0.05, 0.1) is 0 Å². The third kappa shape index (κ3) is 3.01. The van der Waals surface area contributed by atoms with Crippen molar-refractivity contribution in [1.82, 2.24) is 0 Å². The van der Waals surface area contributed by atoms with E-state index in [-0.39, 0.29) is 17.4 Å². The summed E-state index contributed by atoms with van der Waals surface area (Å²) in [6.07, 6.45) is 1.02. The molecule has 0 saturated heterocycles. The van der Waals surface area contributed by atoms with E-state index < -0.39 is 6.10 Å². The van der Waals surface area contributed by atoms with Crippen LogP contribution in [-0.2, 0) is 4.74 Å². The molecule has 1 atom stereocenters. The molecule has 1 unspecified atom stereocenters. The second-order valence-corrected chi connectivity index (χ2v) is 4.39. The molecule has 0 aliphatic carbocycles. The van der Waals surface area contributed by atoms with Gasteiger partial charge >= 0.3 is 0 Å². The molecular weight excluding hydrogens is 247 g/mol. The molecule has 0 aliphatic heterocycles. The fourth-order valence-corrected chi connectivity index (χ4v) is 2.05. The highest BCUT2D eigenvalue weighted by Gasteiger charge is 2.23. The van der Waals surface area contributed by atoms with Crippen molar-refractivity contribution >= 4 is 16.8 Å². The summed E-state index contributed by atoms with van der Waals surface area (Å²) >= 11 is 0. The summed E-state index contributed by atoms with van der Waals surface area (Å²) in [5.41, 5.74) is 0.511. The molecule has 1 aromatic carbocycles. The third-order valence-electron chi connectivity index (χ3n) is 2.93. The van der Waals surface area contributed by atoms with Crippen LogP contribution in [0.3, 0.4) is 0 Å². The Hall–Kier alpha value is -1.68. The van der Waals surface area contributed by atoms with E-state index in [9.17, 15) is 9.18 Å². The molecule has 0 aliphatic rings. The van der Waals surface area contributed by atoms with Gasteiger partial charge in [-0.1, -0.05) is 13.3 Å². The smallest absolute Gasteiger partial charge is 0.226 e. The second-order valence-electron chi connectivity index (χ2n) is 4.39. The fourth-order valence-electron chi connectivity index (χ4n) is 2.05.